The van der Waals surface area contributed by atoms with Gasteiger partial charge in [-0.3, -0.25) is 0 Å². The zero-order chi connectivity index (χ0) is 11.8. The SMILES string of the molecule is c1ccc(COCCC2CCCCNC2)cc1. The lowest BCUT2D eigenvalue weighted by atomic mass is 10.0. The van der Waals surface area contributed by atoms with Gasteiger partial charge in [-0.05, 0) is 43.8 Å². The van der Waals surface area contributed by atoms with Crippen LogP contribution in [0, 0.1) is 5.92 Å². The van der Waals surface area contributed by atoms with Crippen molar-refractivity contribution in [2.45, 2.75) is 32.3 Å². The van der Waals surface area contributed by atoms with Gasteiger partial charge in [-0.2, -0.15) is 0 Å². The summed E-state index contributed by atoms with van der Waals surface area (Å²) in [6, 6.07) is 10.4. The van der Waals surface area contributed by atoms with E-state index in [-0.39, 0.29) is 0 Å². The summed E-state index contributed by atoms with van der Waals surface area (Å²) in [5, 5.41) is 3.50. The molecule has 1 atom stereocenters. The van der Waals surface area contributed by atoms with Crippen LogP contribution in [0.25, 0.3) is 0 Å². The van der Waals surface area contributed by atoms with Gasteiger partial charge in [0.15, 0.2) is 0 Å². The molecule has 1 aromatic carbocycles. The van der Waals surface area contributed by atoms with Crippen molar-refractivity contribution in [1.82, 2.24) is 5.32 Å². The molecule has 1 unspecified atom stereocenters. The van der Waals surface area contributed by atoms with Gasteiger partial charge in [0.1, 0.15) is 0 Å². The van der Waals surface area contributed by atoms with Crippen molar-refractivity contribution in [1.29, 1.82) is 0 Å². The fourth-order valence-corrected chi connectivity index (χ4v) is 2.35. The zero-order valence-corrected chi connectivity index (χ0v) is 10.5. The van der Waals surface area contributed by atoms with Crippen LogP contribution in [0.5, 0.6) is 0 Å². The lowest BCUT2D eigenvalue weighted by molar-refractivity contribution is 0.106. The van der Waals surface area contributed by atoms with Crippen molar-refractivity contribution >= 4 is 0 Å². The van der Waals surface area contributed by atoms with Crippen LogP contribution in [0.2, 0.25) is 0 Å². The summed E-state index contributed by atoms with van der Waals surface area (Å²) < 4.78 is 5.74. The Morgan fingerprint density at radius 1 is 1.18 bits per heavy atom. The Hall–Kier alpha value is -0.860. The first-order chi connectivity index (χ1) is 8.45. The number of hydrogen-bond donors (Lipinski definition) is 1. The highest BCUT2D eigenvalue weighted by Gasteiger charge is 2.11. The van der Waals surface area contributed by atoms with Gasteiger partial charge in [-0.1, -0.05) is 36.8 Å². The Balaban J connectivity index is 1.59. The molecule has 1 aromatic rings. The molecule has 2 rings (SSSR count). The molecule has 17 heavy (non-hydrogen) atoms. The normalized spacial score (nSPS) is 21.1. The highest BCUT2D eigenvalue weighted by Crippen LogP contribution is 2.15. The van der Waals surface area contributed by atoms with E-state index in [9.17, 15) is 0 Å². The highest BCUT2D eigenvalue weighted by molar-refractivity contribution is 5.13. The average molecular weight is 233 g/mol. The zero-order valence-electron chi connectivity index (χ0n) is 10.5. The molecule has 2 heteroatoms. The van der Waals surface area contributed by atoms with Gasteiger partial charge in [0.2, 0.25) is 0 Å². The first kappa shape index (κ1) is 12.6. The molecule has 1 heterocycles. The minimum Gasteiger partial charge on any atom is -0.377 e. The van der Waals surface area contributed by atoms with Gasteiger partial charge < -0.3 is 10.1 Å². The molecule has 0 amide bonds. The Morgan fingerprint density at radius 3 is 2.94 bits per heavy atom. The molecule has 1 aliphatic heterocycles. The summed E-state index contributed by atoms with van der Waals surface area (Å²) in [5.41, 5.74) is 1.27. The van der Waals surface area contributed by atoms with Crippen LogP contribution in [0.15, 0.2) is 30.3 Å². The summed E-state index contributed by atoms with van der Waals surface area (Å²) in [6.07, 6.45) is 5.26. The number of nitrogens with one attached hydrogen (secondary N) is 1. The molecule has 2 nitrogen and oxygen atoms in total. The summed E-state index contributed by atoms with van der Waals surface area (Å²) in [5.74, 6) is 0.813. The largest absolute Gasteiger partial charge is 0.377 e. The molecule has 1 fully saturated rings. The highest BCUT2D eigenvalue weighted by atomic mass is 16.5. The lowest BCUT2D eigenvalue weighted by Crippen LogP contribution is -2.21. The lowest BCUT2D eigenvalue weighted by Gasteiger charge is -2.14. The summed E-state index contributed by atoms with van der Waals surface area (Å²) in [7, 11) is 0. The molecular weight excluding hydrogens is 210 g/mol. The van der Waals surface area contributed by atoms with Gasteiger partial charge in [0.25, 0.3) is 0 Å². The third-order valence-corrected chi connectivity index (χ3v) is 3.43. The smallest absolute Gasteiger partial charge is 0.0716 e. The second-order valence-electron chi connectivity index (χ2n) is 4.89. The van der Waals surface area contributed by atoms with Gasteiger partial charge >= 0.3 is 0 Å². The Labute approximate surface area is 104 Å². The molecular formula is C15H23NO. The van der Waals surface area contributed by atoms with Crippen molar-refractivity contribution in [2.24, 2.45) is 5.92 Å². The predicted molar refractivity (Wildman–Crippen MR) is 70.9 cm³/mol. The average Bonchev–Trinajstić information content (AvgIpc) is 2.65. The molecule has 1 aliphatic rings. The summed E-state index contributed by atoms with van der Waals surface area (Å²) in [4.78, 5) is 0. The molecule has 0 aromatic heterocycles. The topological polar surface area (TPSA) is 21.3 Å². The molecule has 0 radical (unpaired) electrons. The second kappa shape index (κ2) is 7.46. The van der Waals surface area contributed by atoms with Gasteiger partial charge in [0.05, 0.1) is 6.61 Å². The molecule has 1 saturated heterocycles. The van der Waals surface area contributed by atoms with Crippen LogP contribution >= 0.6 is 0 Å². The minimum absolute atomic E-state index is 0.751. The van der Waals surface area contributed by atoms with E-state index in [4.69, 9.17) is 4.74 Å². The number of hydrogen-bond acceptors (Lipinski definition) is 2. The molecule has 0 spiro atoms. The standard InChI is InChI=1S/C15H23NO/c1-2-7-15(8-3-1)13-17-11-9-14-6-4-5-10-16-12-14/h1-3,7-8,14,16H,4-6,9-13H2. The maximum Gasteiger partial charge on any atom is 0.0716 e. The second-order valence-corrected chi connectivity index (χ2v) is 4.89. The van der Waals surface area contributed by atoms with Gasteiger partial charge in [0, 0.05) is 6.61 Å². The maximum atomic E-state index is 5.74. The van der Waals surface area contributed by atoms with E-state index in [1.165, 1.54) is 44.3 Å². The predicted octanol–water partition coefficient (Wildman–Crippen LogP) is 2.98. The molecule has 0 saturated carbocycles. The van der Waals surface area contributed by atoms with Crippen molar-refractivity contribution in [3.8, 4) is 0 Å². The quantitative estimate of drug-likeness (QED) is 0.789. The van der Waals surface area contributed by atoms with Crippen LogP contribution in [0.3, 0.4) is 0 Å². The van der Waals surface area contributed by atoms with Crippen LogP contribution in [-0.4, -0.2) is 19.7 Å². The van der Waals surface area contributed by atoms with Gasteiger partial charge in [-0.25, -0.2) is 0 Å². The van der Waals surface area contributed by atoms with E-state index in [2.05, 4.69) is 29.6 Å². The number of benzene rings is 1. The van der Waals surface area contributed by atoms with E-state index in [0.29, 0.717) is 0 Å². The molecule has 94 valence electrons. The molecule has 0 bridgehead atoms. The van der Waals surface area contributed by atoms with Crippen LogP contribution in [-0.2, 0) is 11.3 Å². The number of ether oxygens (including phenoxy) is 1. The van der Waals surface area contributed by atoms with Crippen molar-refractivity contribution in [3.05, 3.63) is 35.9 Å². The minimum atomic E-state index is 0.751. The van der Waals surface area contributed by atoms with E-state index >= 15 is 0 Å². The Bertz CT molecular complexity index is 291. The molecule has 1 N–H and O–H groups in total. The fraction of sp³-hybridized carbons (Fsp3) is 0.600. The first-order valence-electron chi connectivity index (χ1n) is 6.77. The Kier molecular flexibility index (Phi) is 5.53. The molecule has 0 aliphatic carbocycles. The van der Waals surface area contributed by atoms with Crippen molar-refractivity contribution in [2.75, 3.05) is 19.7 Å². The van der Waals surface area contributed by atoms with Crippen LogP contribution in [0.1, 0.15) is 31.2 Å². The third kappa shape index (κ3) is 4.88. The van der Waals surface area contributed by atoms with E-state index in [0.717, 1.165) is 19.1 Å². The summed E-state index contributed by atoms with van der Waals surface area (Å²) in [6.45, 7) is 4.01. The number of rotatable bonds is 5. The Morgan fingerprint density at radius 2 is 2.06 bits per heavy atom. The third-order valence-electron chi connectivity index (χ3n) is 3.43. The maximum absolute atomic E-state index is 5.74. The van der Waals surface area contributed by atoms with Gasteiger partial charge in [-0.15, -0.1) is 0 Å². The van der Waals surface area contributed by atoms with E-state index < -0.39 is 0 Å². The van der Waals surface area contributed by atoms with E-state index in [1.54, 1.807) is 0 Å². The van der Waals surface area contributed by atoms with Crippen molar-refractivity contribution < 1.29 is 4.74 Å². The summed E-state index contributed by atoms with van der Waals surface area (Å²) >= 11 is 0. The van der Waals surface area contributed by atoms with Crippen LogP contribution < -0.4 is 5.32 Å². The van der Waals surface area contributed by atoms with Crippen LogP contribution in [0.4, 0.5) is 0 Å². The monoisotopic (exact) mass is 233 g/mol. The van der Waals surface area contributed by atoms with Crippen molar-refractivity contribution in [3.63, 3.8) is 0 Å². The first-order valence-corrected chi connectivity index (χ1v) is 6.77. The van der Waals surface area contributed by atoms with E-state index in [1.807, 2.05) is 6.07 Å². The fourth-order valence-electron chi connectivity index (χ4n) is 2.35.